The van der Waals surface area contributed by atoms with E-state index in [1.165, 1.54) is 5.56 Å². The fraction of sp³-hybridized carbons (Fsp3) is 0.235. The first-order chi connectivity index (χ1) is 9.72. The van der Waals surface area contributed by atoms with Crippen molar-refractivity contribution in [2.45, 2.75) is 18.8 Å². The zero-order chi connectivity index (χ0) is 14.1. The van der Waals surface area contributed by atoms with Crippen molar-refractivity contribution in [1.82, 2.24) is 5.48 Å². The minimum absolute atomic E-state index is 0.143. The zero-order valence-electron chi connectivity index (χ0n) is 11.3. The predicted molar refractivity (Wildman–Crippen MR) is 76.5 cm³/mol. The Kier molecular flexibility index (Phi) is 3.28. The third kappa shape index (κ3) is 2.21. The van der Waals surface area contributed by atoms with Crippen LogP contribution in [0.25, 0.3) is 0 Å². The maximum atomic E-state index is 11.9. The van der Waals surface area contributed by atoms with Gasteiger partial charge in [-0.1, -0.05) is 60.2 Å². The Hall–Kier alpha value is -2.13. The molecule has 2 aromatic rings. The van der Waals surface area contributed by atoms with Crippen molar-refractivity contribution in [3.05, 3.63) is 71.3 Å². The van der Waals surface area contributed by atoms with E-state index in [1.54, 1.807) is 5.48 Å². The van der Waals surface area contributed by atoms with Crippen LogP contribution < -0.4 is 5.48 Å². The second kappa shape index (κ2) is 5.10. The molecule has 3 unspecified atom stereocenters. The molecule has 0 radical (unpaired) electrons. The zero-order valence-corrected chi connectivity index (χ0v) is 11.3. The van der Waals surface area contributed by atoms with Gasteiger partial charge >= 0.3 is 0 Å². The molecule has 1 aliphatic rings. The minimum Gasteiger partial charge on any atom is -0.289 e. The molecule has 0 bridgehead atoms. The number of nitrogens with one attached hydrogen (secondary N) is 1. The van der Waals surface area contributed by atoms with Crippen molar-refractivity contribution in [2.24, 2.45) is 5.92 Å². The van der Waals surface area contributed by atoms with Crippen LogP contribution in [0.4, 0.5) is 0 Å². The molecule has 1 amide bonds. The minimum atomic E-state index is -0.301. The van der Waals surface area contributed by atoms with Gasteiger partial charge in [-0.15, -0.1) is 0 Å². The highest BCUT2D eigenvalue weighted by Gasteiger charge is 2.56. The van der Waals surface area contributed by atoms with Crippen molar-refractivity contribution < 1.29 is 10.0 Å². The van der Waals surface area contributed by atoms with E-state index >= 15 is 0 Å². The Bertz CT molecular complexity index is 624. The van der Waals surface area contributed by atoms with E-state index in [0.717, 1.165) is 11.1 Å². The van der Waals surface area contributed by atoms with Gasteiger partial charge in [-0.3, -0.25) is 10.0 Å². The summed E-state index contributed by atoms with van der Waals surface area (Å²) in [5.74, 6) is -0.204. The summed E-state index contributed by atoms with van der Waals surface area (Å²) in [6.45, 7) is 2.05. The van der Waals surface area contributed by atoms with Crippen LogP contribution in [0.3, 0.4) is 0 Å². The van der Waals surface area contributed by atoms with Crippen LogP contribution in [0.5, 0.6) is 0 Å². The monoisotopic (exact) mass is 267 g/mol. The van der Waals surface area contributed by atoms with Gasteiger partial charge in [0, 0.05) is 11.8 Å². The number of amides is 1. The molecular weight excluding hydrogens is 250 g/mol. The fourth-order valence-corrected chi connectivity index (χ4v) is 3.09. The number of hydrogen-bond acceptors (Lipinski definition) is 2. The smallest absolute Gasteiger partial charge is 0.247 e. The molecule has 1 saturated carbocycles. The lowest BCUT2D eigenvalue weighted by Gasteiger charge is -2.02. The third-order valence-corrected chi connectivity index (χ3v) is 4.04. The molecule has 1 aliphatic carbocycles. The van der Waals surface area contributed by atoms with E-state index in [1.807, 2.05) is 49.4 Å². The van der Waals surface area contributed by atoms with Gasteiger partial charge in [0.15, 0.2) is 0 Å². The standard InChI is InChI=1S/C17H17NO2/c1-11-6-5-9-13(10-11)15-14(16(15)17(19)18-20)12-7-3-2-4-8-12/h2-10,14-16,20H,1H3,(H,18,19). The van der Waals surface area contributed by atoms with Crippen LogP contribution in [-0.2, 0) is 4.79 Å². The molecular formula is C17H17NO2. The van der Waals surface area contributed by atoms with E-state index in [0.29, 0.717) is 0 Å². The first-order valence-corrected chi connectivity index (χ1v) is 6.78. The van der Waals surface area contributed by atoms with E-state index in [4.69, 9.17) is 5.21 Å². The summed E-state index contributed by atoms with van der Waals surface area (Å²) in [4.78, 5) is 11.9. The van der Waals surface area contributed by atoms with E-state index < -0.39 is 0 Å². The van der Waals surface area contributed by atoms with Crippen molar-refractivity contribution >= 4 is 5.91 Å². The summed E-state index contributed by atoms with van der Waals surface area (Å²) in [5.41, 5.74) is 5.29. The van der Waals surface area contributed by atoms with Gasteiger partial charge < -0.3 is 0 Å². The second-order valence-corrected chi connectivity index (χ2v) is 5.38. The molecule has 1 fully saturated rings. The van der Waals surface area contributed by atoms with Crippen LogP contribution in [0.2, 0.25) is 0 Å². The Morgan fingerprint density at radius 3 is 2.30 bits per heavy atom. The molecule has 3 atom stereocenters. The highest BCUT2D eigenvalue weighted by molar-refractivity contribution is 5.84. The Labute approximate surface area is 118 Å². The van der Waals surface area contributed by atoms with Crippen LogP contribution in [0, 0.1) is 12.8 Å². The molecule has 3 rings (SSSR count). The van der Waals surface area contributed by atoms with E-state index in [-0.39, 0.29) is 23.7 Å². The van der Waals surface area contributed by atoms with Crippen molar-refractivity contribution in [3.8, 4) is 0 Å². The molecule has 0 saturated heterocycles. The first kappa shape index (κ1) is 12.9. The van der Waals surface area contributed by atoms with Crippen LogP contribution in [-0.4, -0.2) is 11.1 Å². The average Bonchev–Trinajstić information content (AvgIpc) is 3.23. The molecule has 0 spiro atoms. The summed E-state index contributed by atoms with van der Waals surface area (Å²) < 4.78 is 0. The molecule has 2 aromatic carbocycles. The number of aryl methyl sites for hydroxylation is 1. The van der Waals surface area contributed by atoms with Crippen LogP contribution >= 0.6 is 0 Å². The second-order valence-electron chi connectivity index (χ2n) is 5.38. The number of carbonyl (C=O) groups excluding carboxylic acids is 1. The van der Waals surface area contributed by atoms with Crippen molar-refractivity contribution in [1.29, 1.82) is 0 Å². The number of hydroxylamine groups is 1. The molecule has 3 nitrogen and oxygen atoms in total. The normalized spacial score (nSPS) is 24.2. The summed E-state index contributed by atoms with van der Waals surface area (Å²) in [6, 6.07) is 18.2. The predicted octanol–water partition coefficient (Wildman–Crippen LogP) is 3.00. The summed E-state index contributed by atoms with van der Waals surface area (Å²) in [7, 11) is 0. The number of benzene rings is 2. The Morgan fingerprint density at radius 2 is 1.65 bits per heavy atom. The summed E-state index contributed by atoms with van der Waals surface area (Å²) >= 11 is 0. The van der Waals surface area contributed by atoms with Gasteiger partial charge in [-0.25, -0.2) is 5.48 Å². The fourth-order valence-electron chi connectivity index (χ4n) is 3.09. The first-order valence-electron chi connectivity index (χ1n) is 6.78. The topological polar surface area (TPSA) is 49.3 Å². The van der Waals surface area contributed by atoms with Gasteiger partial charge in [0.2, 0.25) is 5.91 Å². The molecule has 0 heterocycles. The molecule has 20 heavy (non-hydrogen) atoms. The maximum absolute atomic E-state index is 11.9. The number of carbonyl (C=O) groups is 1. The largest absolute Gasteiger partial charge is 0.289 e. The highest BCUT2D eigenvalue weighted by atomic mass is 16.5. The molecule has 3 heteroatoms. The molecule has 0 aliphatic heterocycles. The van der Waals surface area contributed by atoms with Gasteiger partial charge in [0.1, 0.15) is 0 Å². The molecule has 2 N–H and O–H groups in total. The van der Waals surface area contributed by atoms with Crippen LogP contribution in [0.15, 0.2) is 54.6 Å². The Balaban J connectivity index is 1.95. The summed E-state index contributed by atoms with van der Waals surface area (Å²) in [5, 5.41) is 8.93. The summed E-state index contributed by atoms with van der Waals surface area (Å²) in [6.07, 6.45) is 0. The maximum Gasteiger partial charge on any atom is 0.247 e. The lowest BCUT2D eigenvalue weighted by atomic mass is 10.0. The van der Waals surface area contributed by atoms with Gasteiger partial charge in [0.05, 0.1) is 5.92 Å². The quantitative estimate of drug-likeness (QED) is 0.663. The molecule has 0 aromatic heterocycles. The number of hydrogen-bond donors (Lipinski definition) is 2. The highest BCUT2D eigenvalue weighted by Crippen LogP contribution is 2.60. The SMILES string of the molecule is Cc1cccc(C2C(C(=O)NO)C2c2ccccc2)c1. The lowest BCUT2D eigenvalue weighted by molar-refractivity contribution is -0.130. The number of rotatable bonds is 3. The van der Waals surface area contributed by atoms with Gasteiger partial charge in [0.25, 0.3) is 0 Å². The van der Waals surface area contributed by atoms with Crippen LogP contribution in [0.1, 0.15) is 28.5 Å². The van der Waals surface area contributed by atoms with Crippen molar-refractivity contribution in [2.75, 3.05) is 0 Å². The molecule has 102 valence electrons. The van der Waals surface area contributed by atoms with E-state index in [2.05, 4.69) is 12.1 Å². The van der Waals surface area contributed by atoms with Gasteiger partial charge in [-0.2, -0.15) is 0 Å². The van der Waals surface area contributed by atoms with E-state index in [9.17, 15) is 4.79 Å². The van der Waals surface area contributed by atoms with Gasteiger partial charge in [-0.05, 0) is 18.1 Å². The third-order valence-electron chi connectivity index (χ3n) is 4.04. The Morgan fingerprint density at radius 1 is 1.00 bits per heavy atom. The average molecular weight is 267 g/mol. The van der Waals surface area contributed by atoms with Crippen molar-refractivity contribution in [3.63, 3.8) is 0 Å². The lowest BCUT2D eigenvalue weighted by Crippen LogP contribution is -2.21.